The molecule has 1 heterocycles. The highest BCUT2D eigenvalue weighted by Gasteiger charge is 2.20. The molecule has 0 unspecified atom stereocenters. The molecular formula is C16H19ClFN3OS. The summed E-state index contributed by atoms with van der Waals surface area (Å²) in [4.78, 5) is 4.99. The van der Waals surface area contributed by atoms with Gasteiger partial charge in [-0.1, -0.05) is 11.6 Å². The molecule has 7 heteroatoms. The van der Waals surface area contributed by atoms with Crippen molar-refractivity contribution in [3.63, 3.8) is 0 Å². The molecule has 3 N–H and O–H groups in total. The first-order valence-corrected chi connectivity index (χ1v) is 8.88. The van der Waals surface area contributed by atoms with Gasteiger partial charge in [-0.15, -0.1) is 11.3 Å². The van der Waals surface area contributed by atoms with E-state index in [1.807, 2.05) is 0 Å². The van der Waals surface area contributed by atoms with Crippen LogP contribution in [0.2, 0.25) is 4.47 Å². The Morgan fingerprint density at radius 1 is 1.26 bits per heavy atom. The zero-order valence-electron chi connectivity index (χ0n) is 12.6. The molecule has 124 valence electrons. The summed E-state index contributed by atoms with van der Waals surface area (Å²) in [6, 6.07) is 5.00. The van der Waals surface area contributed by atoms with Crippen LogP contribution in [0, 0.1) is 5.82 Å². The van der Waals surface area contributed by atoms with Crippen molar-refractivity contribution in [2.75, 3.05) is 10.6 Å². The van der Waals surface area contributed by atoms with Gasteiger partial charge in [-0.25, -0.2) is 9.37 Å². The molecule has 1 saturated carbocycles. The largest absolute Gasteiger partial charge is 0.393 e. The van der Waals surface area contributed by atoms with Crippen LogP contribution >= 0.6 is 22.9 Å². The first-order valence-electron chi connectivity index (χ1n) is 7.68. The maximum absolute atomic E-state index is 13.6. The lowest BCUT2D eigenvalue weighted by Crippen LogP contribution is -2.28. The number of benzene rings is 1. The topological polar surface area (TPSA) is 57.2 Å². The number of halogens is 2. The van der Waals surface area contributed by atoms with Crippen LogP contribution in [0.4, 0.5) is 15.8 Å². The number of aromatic nitrogens is 1. The second kappa shape index (κ2) is 7.47. The predicted octanol–water partition coefficient (Wildman–Crippen LogP) is 4.26. The number of rotatable bonds is 5. The number of hydrogen-bond acceptors (Lipinski definition) is 5. The van der Waals surface area contributed by atoms with Crippen molar-refractivity contribution in [3.8, 4) is 0 Å². The number of aliphatic hydroxyl groups excluding tert-OH is 1. The highest BCUT2D eigenvalue weighted by Crippen LogP contribution is 2.29. The normalized spacial score (nSPS) is 21.2. The lowest BCUT2D eigenvalue weighted by Gasteiger charge is -2.28. The molecule has 1 aromatic carbocycles. The van der Waals surface area contributed by atoms with E-state index in [9.17, 15) is 9.50 Å². The SMILES string of the molecule is OC1CCC(Nc2ccc(F)cc2NCc2cnc(Cl)s2)CC1. The number of thiazole rings is 1. The van der Waals surface area contributed by atoms with Crippen molar-refractivity contribution < 1.29 is 9.50 Å². The smallest absolute Gasteiger partial charge is 0.183 e. The van der Waals surface area contributed by atoms with Gasteiger partial charge in [0.25, 0.3) is 0 Å². The molecule has 0 radical (unpaired) electrons. The minimum absolute atomic E-state index is 0.185. The zero-order chi connectivity index (χ0) is 16.2. The number of aliphatic hydroxyl groups is 1. The Morgan fingerprint density at radius 3 is 2.74 bits per heavy atom. The van der Waals surface area contributed by atoms with Gasteiger partial charge in [0.05, 0.1) is 24.0 Å². The third kappa shape index (κ3) is 4.56. The van der Waals surface area contributed by atoms with E-state index in [1.54, 1.807) is 12.3 Å². The van der Waals surface area contributed by atoms with Gasteiger partial charge >= 0.3 is 0 Å². The monoisotopic (exact) mass is 355 g/mol. The van der Waals surface area contributed by atoms with Crippen molar-refractivity contribution in [1.29, 1.82) is 0 Å². The van der Waals surface area contributed by atoms with Gasteiger partial charge in [0.15, 0.2) is 4.47 Å². The van der Waals surface area contributed by atoms with Crippen LogP contribution in [0.25, 0.3) is 0 Å². The first-order chi connectivity index (χ1) is 11.1. The summed E-state index contributed by atoms with van der Waals surface area (Å²) < 4.78 is 14.1. The van der Waals surface area contributed by atoms with E-state index in [2.05, 4.69) is 15.6 Å². The van der Waals surface area contributed by atoms with E-state index in [0.717, 1.165) is 41.9 Å². The Kier molecular flexibility index (Phi) is 5.35. The van der Waals surface area contributed by atoms with Crippen LogP contribution in [0.1, 0.15) is 30.6 Å². The minimum atomic E-state index is -0.278. The fourth-order valence-electron chi connectivity index (χ4n) is 2.78. The third-order valence-corrected chi connectivity index (χ3v) is 5.13. The maximum atomic E-state index is 13.6. The molecule has 3 rings (SSSR count). The summed E-state index contributed by atoms with van der Waals surface area (Å²) in [5, 5.41) is 16.3. The molecule has 0 aliphatic heterocycles. The lowest BCUT2D eigenvalue weighted by molar-refractivity contribution is 0.126. The van der Waals surface area contributed by atoms with Crippen molar-refractivity contribution in [2.24, 2.45) is 0 Å². The molecule has 0 atom stereocenters. The maximum Gasteiger partial charge on any atom is 0.183 e. The van der Waals surface area contributed by atoms with Crippen LogP contribution in [0.3, 0.4) is 0 Å². The average molecular weight is 356 g/mol. The summed E-state index contributed by atoms with van der Waals surface area (Å²) in [5.74, 6) is -0.278. The lowest BCUT2D eigenvalue weighted by atomic mass is 9.93. The van der Waals surface area contributed by atoms with Gasteiger partial charge in [-0.3, -0.25) is 0 Å². The molecule has 0 saturated heterocycles. The number of anilines is 2. The van der Waals surface area contributed by atoms with Gasteiger partial charge in [0.2, 0.25) is 0 Å². The molecule has 0 amide bonds. The highest BCUT2D eigenvalue weighted by molar-refractivity contribution is 7.15. The summed E-state index contributed by atoms with van der Waals surface area (Å²) in [6.45, 7) is 0.548. The summed E-state index contributed by atoms with van der Waals surface area (Å²) in [5.41, 5.74) is 1.60. The molecule has 1 aliphatic carbocycles. The van der Waals surface area contributed by atoms with E-state index in [4.69, 9.17) is 11.6 Å². The Bertz CT molecular complexity index is 659. The van der Waals surface area contributed by atoms with Crippen LogP contribution in [-0.4, -0.2) is 22.2 Å². The van der Waals surface area contributed by atoms with Crippen molar-refractivity contribution in [2.45, 2.75) is 44.4 Å². The standard InChI is InChI=1S/C16H19ClFN3OS/c17-16-20-9-13(23-16)8-19-15-7-10(18)1-6-14(15)21-11-2-4-12(22)5-3-11/h1,6-7,9,11-12,19,21-22H,2-5,8H2. The van der Waals surface area contributed by atoms with E-state index in [1.165, 1.54) is 23.5 Å². The van der Waals surface area contributed by atoms with Gasteiger partial charge in [-0.05, 0) is 43.9 Å². The quantitative estimate of drug-likeness (QED) is 0.750. The van der Waals surface area contributed by atoms with Gasteiger partial charge in [0.1, 0.15) is 5.82 Å². The Balaban J connectivity index is 1.67. The zero-order valence-corrected chi connectivity index (χ0v) is 14.1. The number of hydrogen-bond donors (Lipinski definition) is 3. The van der Waals surface area contributed by atoms with Gasteiger partial charge in [-0.2, -0.15) is 0 Å². The van der Waals surface area contributed by atoms with Crippen molar-refractivity contribution in [3.05, 3.63) is 39.6 Å². The average Bonchev–Trinajstić information content (AvgIpc) is 2.95. The van der Waals surface area contributed by atoms with Crippen LogP contribution in [-0.2, 0) is 6.54 Å². The molecule has 0 spiro atoms. The predicted molar refractivity (Wildman–Crippen MR) is 92.7 cm³/mol. The molecule has 23 heavy (non-hydrogen) atoms. The molecule has 0 bridgehead atoms. The van der Waals surface area contributed by atoms with Crippen LogP contribution in [0.15, 0.2) is 24.4 Å². The van der Waals surface area contributed by atoms with E-state index >= 15 is 0 Å². The molecular weight excluding hydrogens is 337 g/mol. The summed E-state index contributed by atoms with van der Waals surface area (Å²) >= 11 is 7.23. The van der Waals surface area contributed by atoms with Gasteiger partial charge in [0, 0.05) is 17.1 Å². The van der Waals surface area contributed by atoms with E-state index < -0.39 is 0 Å². The number of nitrogens with one attached hydrogen (secondary N) is 2. The molecule has 4 nitrogen and oxygen atoms in total. The Morgan fingerprint density at radius 2 is 2.04 bits per heavy atom. The van der Waals surface area contributed by atoms with Crippen molar-refractivity contribution in [1.82, 2.24) is 4.98 Å². The molecule has 2 aromatic rings. The molecule has 1 aromatic heterocycles. The van der Waals surface area contributed by atoms with Gasteiger partial charge < -0.3 is 15.7 Å². The summed E-state index contributed by atoms with van der Waals surface area (Å²) in [6.07, 6.45) is 4.98. The minimum Gasteiger partial charge on any atom is -0.393 e. The number of nitrogens with zero attached hydrogens (tertiary/aromatic N) is 1. The molecule has 1 fully saturated rings. The van der Waals surface area contributed by atoms with Crippen LogP contribution in [0.5, 0.6) is 0 Å². The fourth-order valence-corrected chi connectivity index (χ4v) is 3.69. The van der Waals surface area contributed by atoms with Crippen LogP contribution < -0.4 is 10.6 Å². The van der Waals surface area contributed by atoms with E-state index in [0.29, 0.717) is 17.1 Å². The Hall–Kier alpha value is -1.37. The summed E-state index contributed by atoms with van der Waals surface area (Å²) in [7, 11) is 0. The fraction of sp³-hybridized carbons (Fsp3) is 0.438. The Labute approximate surface area is 143 Å². The highest BCUT2D eigenvalue weighted by atomic mass is 35.5. The molecule has 1 aliphatic rings. The van der Waals surface area contributed by atoms with E-state index in [-0.39, 0.29) is 11.9 Å². The third-order valence-electron chi connectivity index (χ3n) is 4.02. The van der Waals surface area contributed by atoms with Crippen molar-refractivity contribution >= 4 is 34.3 Å². The first kappa shape index (κ1) is 16.5. The second-order valence-electron chi connectivity index (χ2n) is 5.77. The second-order valence-corrected chi connectivity index (χ2v) is 7.47.